The molecule has 1 N–H and O–H groups in total. The minimum absolute atomic E-state index is 0.0791. The molecule has 6 nitrogen and oxygen atoms in total. The third kappa shape index (κ3) is 6.48. The van der Waals surface area contributed by atoms with Gasteiger partial charge in [-0.1, -0.05) is 0 Å². The summed E-state index contributed by atoms with van der Waals surface area (Å²) in [5.41, 5.74) is 0. The molecule has 0 fully saturated rings. The smallest absolute Gasteiger partial charge is 0.394 e. The first-order valence-electron chi connectivity index (χ1n) is 4.32. The van der Waals surface area contributed by atoms with E-state index in [0.717, 1.165) is 0 Å². The van der Waals surface area contributed by atoms with Gasteiger partial charge in [-0.2, -0.15) is 0 Å². The summed E-state index contributed by atoms with van der Waals surface area (Å²) in [5, 5.41) is 8.49. The van der Waals surface area contributed by atoms with E-state index >= 15 is 0 Å². The summed E-state index contributed by atoms with van der Waals surface area (Å²) in [7, 11) is -2.00. The molecule has 0 saturated carbocycles. The van der Waals surface area contributed by atoms with Gasteiger partial charge in [0.2, 0.25) is 0 Å². The quantitative estimate of drug-likeness (QED) is 0.465. The zero-order valence-corrected chi connectivity index (χ0v) is 9.37. The molecule has 0 aromatic heterocycles. The second-order valence-electron chi connectivity index (χ2n) is 2.25. The maximum absolute atomic E-state index is 11.6. The van der Waals surface area contributed by atoms with Crippen LogP contribution in [0.2, 0.25) is 0 Å². The third-order valence-electron chi connectivity index (χ3n) is 1.16. The van der Waals surface area contributed by atoms with Crippen molar-refractivity contribution in [1.82, 2.24) is 0 Å². The molecule has 14 heavy (non-hydrogen) atoms. The summed E-state index contributed by atoms with van der Waals surface area (Å²) < 4.78 is 30.8. The molecule has 0 rings (SSSR count). The summed E-state index contributed by atoms with van der Waals surface area (Å²) >= 11 is 0. The van der Waals surface area contributed by atoms with E-state index in [2.05, 4.69) is 0 Å². The molecule has 0 aromatic rings. The molecule has 7 heteroatoms. The Balaban J connectivity index is 3.89. The van der Waals surface area contributed by atoms with Gasteiger partial charge in [-0.05, 0) is 6.92 Å². The zero-order chi connectivity index (χ0) is 10.9. The highest BCUT2D eigenvalue weighted by Crippen LogP contribution is 2.48. The number of ether oxygens (including phenoxy) is 1. The number of phosphoric ester groups is 1. The van der Waals surface area contributed by atoms with Crippen molar-refractivity contribution in [2.45, 2.75) is 6.92 Å². The van der Waals surface area contributed by atoms with Gasteiger partial charge in [0.25, 0.3) is 0 Å². The van der Waals surface area contributed by atoms with Crippen LogP contribution < -0.4 is 0 Å². The van der Waals surface area contributed by atoms with Crippen LogP contribution in [0.5, 0.6) is 0 Å². The van der Waals surface area contributed by atoms with E-state index in [4.69, 9.17) is 23.4 Å². The molecule has 0 saturated heterocycles. The highest BCUT2D eigenvalue weighted by molar-refractivity contribution is 7.48. The minimum Gasteiger partial charge on any atom is -0.394 e. The van der Waals surface area contributed by atoms with Gasteiger partial charge in [0.15, 0.2) is 0 Å². The lowest BCUT2D eigenvalue weighted by molar-refractivity contribution is 0.0760. The van der Waals surface area contributed by atoms with Crippen molar-refractivity contribution in [2.24, 2.45) is 0 Å². The van der Waals surface area contributed by atoms with E-state index < -0.39 is 7.82 Å². The number of hydrogen-bond donors (Lipinski definition) is 1. The van der Waals surface area contributed by atoms with Gasteiger partial charge in [-0.3, -0.25) is 13.6 Å². The predicted octanol–water partition coefficient (Wildman–Crippen LogP) is 0.803. The molecule has 1 atom stereocenters. The third-order valence-corrected chi connectivity index (χ3v) is 2.74. The summed E-state index contributed by atoms with van der Waals surface area (Å²) in [6.45, 7) is 2.01. The number of phosphoric acid groups is 1. The Labute approximate surface area is 83.7 Å². The van der Waals surface area contributed by atoms with Gasteiger partial charge in [-0.15, -0.1) is 0 Å². The molecular formula is C7H17O6P. The highest BCUT2D eigenvalue weighted by Gasteiger charge is 2.25. The van der Waals surface area contributed by atoms with Crippen LogP contribution in [0.4, 0.5) is 0 Å². The average Bonchev–Trinajstić information content (AvgIpc) is 2.16. The first-order chi connectivity index (χ1) is 6.68. The second-order valence-corrected chi connectivity index (χ2v) is 3.92. The minimum atomic E-state index is -3.51. The van der Waals surface area contributed by atoms with Gasteiger partial charge in [-0.25, -0.2) is 4.57 Å². The monoisotopic (exact) mass is 228 g/mol. The van der Waals surface area contributed by atoms with Crippen molar-refractivity contribution in [3.05, 3.63) is 0 Å². The molecule has 0 aliphatic carbocycles. The molecule has 0 radical (unpaired) electrons. The predicted molar refractivity (Wildman–Crippen MR) is 50.1 cm³/mol. The van der Waals surface area contributed by atoms with E-state index in [-0.39, 0.29) is 26.4 Å². The topological polar surface area (TPSA) is 74.2 Å². The number of hydrogen-bond acceptors (Lipinski definition) is 6. The van der Waals surface area contributed by atoms with Crippen molar-refractivity contribution >= 4 is 7.82 Å². The normalized spacial score (nSPS) is 15.4. The van der Waals surface area contributed by atoms with Crippen molar-refractivity contribution in [3.63, 3.8) is 0 Å². The standard InChI is InChI=1S/C7H17O6P/c1-3-11-14(9,12-5-4-8)13-7-6-10-2/h8H,3-7H2,1-2H3. The van der Waals surface area contributed by atoms with Crippen LogP contribution in [0.1, 0.15) is 6.92 Å². The first kappa shape index (κ1) is 14.0. The summed E-state index contributed by atoms with van der Waals surface area (Å²) in [6.07, 6.45) is 0. The first-order valence-corrected chi connectivity index (χ1v) is 5.78. The van der Waals surface area contributed by atoms with Crippen molar-refractivity contribution in [1.29, 1.82) is 0 Å². The van der Waals surface area contributed by atoms with E-state index in [0.29, 0.717) is 6.61 Å². The van der Waals surface area contributed by atoms with E-state index in [1.165, 1.54) is 7.11 Å². The summed E-state index contributed by atoms with van der Waals surface area (Å²) in [4.78, 5) is 0. The molecule has 86 valence electrons. The lowest BCUT2D eigenvalue weighted by atomic mass is 10.8. The fraction of sp³-hybridized carbons (Fsp3) is 1.00. The van der Waals surface area contributed by atoms with E-state index in [1.807, 2.05) is 0 Å². The molecule has 0 aliphatic rings. The molecule has 0 amide bonds. The van der Waals surface area contributed by atoms with Gasteiger partial charge in [0.1, 0.15) is 0 Å². The zero-order valence-electron chi connectivity index (χ0n) is 8.47. The van der Waals surface area contributed by atoms with Crippen molar-refractivity contribution in [3.8, 4) is 0 Å². The Morgan fingerprint density at radius 1 is 1.14 bits per heavy atom. The van der Waals surface area contributed by atoms with Gasteiger partial charge >= 0.3 is 7.82 Å². The Morgan fingerprint density at radius 3 is 2.29 bits per heavy atom. The molecule has 0 aromatic carbocycles. The van der Waals surface area contributed by atoms with Crippen LogP contribution in [0.25, 0.3) is 0 Å². The maximum Gasteiger partial charge on any atom is 0.474 e. The Morgan fingerprint density at radius 2 is 1.79 bits per heavy atom. The van der Waals surface area contributed by atoms with Crippen LogP contribution in [-0.4, -0.2) is 45.3 Å². The van der Waals surface area contributed by atoms with E-state index in [9.17, 15) is 4.57 Å². The molecule has 0 spiro atoms. The fourth-order valence-corrected chi connectivity index (χ4v) is 1.80. The van der Waals surface area contributed by atoms with Gasteiger partial charge < -0.3 is 9.84 Å². The molecule has 0 aliphatic heterocycles. The SMILES string of the molecule is CCOP(=O)(OCCO)OCCOC. The molecule has 0 bridgehead atoms. The van der Waals surface area contributed by atoms with E-state index in [1.54, 1.807) is 6.92 Å². The van der Waals surface area contributed by atoms with Crippen molar-refractivity contribution < 1.29 is 28.0 Å². The number of aliphatic hydroxyl groups excluding tert-OH is 1. The van der Waals surface area contributed by atoms with Crippen LogP contribution >= 0.6 is 7.82 Å². The van der Waals surface area contributed by atoms with Gasteiger partial charge in [0.05, 0.1) is 33.0 Å². The van der Waals surface area contributed by atoms with Crippen LogP contribution in [0.3, 0.4) is 0 Å². The number of methoxy groups -OCH3 is 1. The molecule has 0 heterocycles. The Hall–Kier alpha value is 0.0300. The van der Waals surface area contributed by atoms with Crippen LogP contribution in [0.15, 0.2) is 0 Å². The highest BCUT2D eigenvalue weighted by atomic mass is 31.2. The number of rotatable bonds is 9. The lowest BCUT2D eigenvalue weighted by Crippen LogP contribution is -2.07. The largest absolute Gasteiger partial charge is 0.474 e. The lowest BCUT2D eigenvalue weighted by Gasteiger charge is -2.16. The van der Waals surface area contributed by atoms with Crippen LogP contribution in [-0.2, 0) is 22.9 Å². The average molecular weight is 228 g/mol. The van der Waals surface area contributed by atoms with Crippen LogP contribution in [0, 0.1) is 0 Å². The molecule has 1 unspecified atom stereocenters. The van der Waals surface area contributed by atoms with Gasteiger partial charge in [0, 0.05) is 7.11 Å². The maximum atomic E-state index is 11.6. The fourth-order valence-electron chi connectivity index (χ4n) is 0.655. The Kier molecular flexibility index (Phi) is 8.37. The summed E-state index contributed by atoms with van der Waals surface area (Å²) in [5.74, 6) is 0. The van der Waals surface area contributed by atoms with Crippen molar-refractivity contribution in [2.75, 3.05) is 40.1 Å². The molecular weight excluding hydrogens is 211 g/mol. The number of aliphatic hydroxyl groups is 1. The second kappa shape index (κ2) is 8.35. The Bertz CT molecular complexity index is 174. The summed E-state index contributed by atoms with van der Waals surface area (Å²) in [6, 6.07) is 0.